The van der Waals surface area contributed by atoms with Gasteiger partial charge in [0.1, 0.15) is 0 Å². The highest BCUT2D eigenvalue weighted by atomic mass is 32.2. The van der Waals surface area contributed by atoms with Crippen LogP contribution in [-0.4, -0.2) is 37.9 Å². The predicted molar refractivity (Wildman–Crippen MR) is 72.5 cm³/mol. The molecule has 0 saturated carbocycles. The Labute approximate surface area is 107 Å². The van der Waals surface area contributed by atoms with Gasteiger partial charge < -0.3 is 4.57 Å². The Kier molecular flexibility index (Phi) is 3.70. The number of nitrogens with zero attached hydrogens (tertiary/aromatic N) is 2. The number of hydrogen-bond donors (Lipinski definition) is 1. The molecule has 0 unspecified atom stereocenters. The van der Waals surface area contributed by atoms with E-state index in [1.807, 2.05) is 41.1 Å². The zero-order valence-corrected chi connectivity index (χ0v) is 11.3. The van der Waals surface area contributed by atoms with Crippen LogP contribution in [-0.2, 0) is 16.8 Å². The minimum atomic E-state index is -3.33. The van der Waals surface area contributed by atoms with Crippen molar-refractivity contribution in [3.8, 4) is 0 Å². The first-order valence-corrected chi connectivity index (χ1v) is 7.16. The maximum atomic E-state index is 11.5. The Morgan fingerprint density at radius 3 is 2.67 bits per heavy atom. The molecule has 6 heteroatoms. The van der Waals surface area contributed by atoms with Crippen LogP contribution >= 0.6 is 0 Å². The van der Waals surface area contributed by atoms with E-state index in [2.05, 4.69) is 4.72 Å². The first-order valence-electron chi connectivity index (χ1n) is 5.72. The maximum Gasteiger partial charge on any atom is 0.278 e. The van der Waals surface area contributed by atoms with Gasteiger partial charge >= 0.3 is 0 Å². The van der Waals surface area contributed by atoms with Gasteiger partial charge in [0, 0.05) is 38.9 Å². The van der Waals surface area contributed by atoms with Crippen LogP contribution in [0.1, 0.15) is 0 Å². The fraction of sp³-hybridized carbons (Fsp3) is 0.333. The van der Waals surface area contributed by atoms with E-state index in [1.54, 1.807) is 0 Å². The molecule has 0 saturated heterocycles. The van der Waals surface area contributed by atoms with E-state index in [1.165, 1.54) is 18.4 Å². The summed E-state index contributed by atoms with van der Waals surface area (Å²) in [4.78, 5) is 0. The predicted octanol–water partition coefficient (Wildman–Crippen LogP) is 1.04. The molecule has 0 aliphatic rings. The highest BCUT2D eigenvalue weighted by Crippen LogP contribution is 2.14. The smallest absolute Gasteiger partial charge is 0.278 e. The number of fused-ring (bicyclic) bond motifs is 1. The summed E-state index contributed by atoms with van der Waals surface area (Å²) >= 11 is 0. The van der Waals surface area contributed by atoms with E-state index in [9.17, 15) is 8.42 Å². The molecule has 1 aromatic heterocycles. The molecule has 0 atom stereocenters. The van der Waals surface area contributed by atoms with E-state index in [0.717, 1.165) is 10.9 Å². The van der Waals surface area contributed by atoms with Crippen molar-refractivity contribution in [2.24, 2.45) is 0 Å². The third kappa shape index (κ3) is 2.72. The molecule has 0 aliphatic heterocycles. The molecule has 0 aliphatic carbocycles. The average Bonchev–Trinajstić information content (AvgIpc) is 2.72. The molecule has 2 rings (SSSR count). The summed E-state index contributed by atoms with van der Waals surface area (Å²) in [6.45, 7) is 0.986. The number of nitrogens with one attached hydrogen (secondary N) is 1. The second-order valence-electron chi connectivity index (χ2n) is 4.25. The number of aromatic nitrogens is 1. The summed E-state index contributed by atoms with van der Waals surface area (Å²) in [5.74, 6) is 0. The van der Waals surface area contributed by atoms with Crippen LogP contribution in [0, 0.1) is 0 Å². The van der Waals surface area contributed by atoms with Crippen molar-refractivity contribution in [3.63, 3.8) is 0 Å². The van der Waals surface area contributed by atoms with Gasteiger partial charge in [0.15, 0.2) is 0 Å². The van der Waals surface area contributed by atoms with Gasteiger partial charge in [-0.1, -0.05) is 18.2 Å². The molecule has 1 heterocycles. The van der Waals surface area contributed by atoms with Crippen LogP contribution in [0.3, 0.4) is 0 Å². The Balaban J connectivity index is 2.03. The van der Waals surface area contributed by atoms with E-state index < -0.39 is 10.2 Å². The van der Waals surface area contributed by atoms with Crippen molar-refractivity contribution in [2.75, 3.05) is 20.6 Å². The van der Waals surface area contributed by atoms with Crippen LogP contribution in [0.25, 0.3) is 10.9 Å². The second-order valence-corrected chi connectivity index (χ2v) is 6.22. The van der Waals surface area contributed by atoms with Crippen LogP contribution in [0.4, 0.5) is 0 Å². The molecule has 1 aromatic carbocycles. The minimum Gasteiger partial charge on any atom is -0.346 e. The molecule has 2 aromatic rings. The molecular formula is C12H17N3O2S. The van der Waals surface area contributed by atoms with Gasteiger partial charge in [0.2, 0.25) is 0 Å². The third-order valence-corrected chi connectivity index (χ3v) is 4.33. The molecule has 0 spiro atoms. The van der Waals surface area contributed by atoms with Gasteiger partial charge in [-0.2, -0.15) is 12.7 Å². The number of hydrogen-bond acceptors (Lipinski definition) is 2. The summed E-state index contributed by atoms with van der Waals surface area (Å²) in [5, 5.41) is 1.16. The van der Waals surface area contributed by atoms with E-state index in [-0.39, 0.29) is 0 Å². The van der Waals surface area contributed by atoms with Crippen molar-refractivity contribution in [3.05, 3.63) is 36.5 Å². The Hall–Kier alpha value is -1.37. The Bertz CT molecular complexity index is 632. The van der Waals surface area contributed by atoms with Crippen molar-refractivity contribution >= 4 is 21.1 Å². The molecular weight excluding hydrogens is 250 g/mol. The number of rotatable bonds is 5. The normalized spacial score (nSPS) is 12.4. The van der Waals surface area contributed by atoms with Gasteiger partial charge in [-0.3, -0.25) is 0 Å². The lowest BCUT2D eigenvalue weighted by molar-refractivity contribution is 0.502. The van der Waals surface area contributed by atoms with Gasteiger partial charge in [-0.15, -0.1) is 0 Å². The largest absolute Gasteiger partial charge is 0.346 e. The zero-order valence-electron chi connectivity index (χ0n) is 10.5. The molecule has 0 bridgehead atoms. The molecule has 0 radical (unpaired) electrons. The number of para-hydroxylation sites is 1. The summed E-state index contributed by atoms with van der Waals surface area (Å²) < 4.78 is 28.8. The average molecular weight is 267 g/mol. The molecule has 1 N–H and O–H groups in total. The Morgan fingerprint density at radius 1 is 1.22 bits per heavy atom. The number of benzene rings is 1. The lowest BCUT2D eigenvalue weighted by atomic mass is 10.2. The van der Waals surface area contributed by atoms with Crippen LogP contribution in [0.15, 0.2) is 36.5 Å². The monoisotopic (exact) mass is 267 g/mol. The fourth-order valence-electron chi connectivity index (χ4n) is 1.76. The minimum absolute atomic E-state index is 0.374. The second kappa shape index (κ2) is 5.09. The van der Waals surface area contributed by atoms with Crippen molar-refractivity contribution in [1.82, 2.24) is 13.6 Å². The zero-order chi connectivity index (χ0) is 13.2. The highest BCUT2D eigenvalue weighted by molar-refractivity contribution is 7.87. The van der Waals surface area contributed by atoms with Gasteiger partial charge in [-0.25, -0.2) is 4.72 Å². The topological polar surface area (TPSA) is 54.3 Å². The lowest BCUT2D eigenvalue weighted by Crippen LogP contribution is -2.37. The third-order valence-electron chi connectivity index (χ3n) is 2.80. The molecule has 5 nitrogen and oxygen atoms in total. The van der Waals surface area contributed by atoms with Gasteiger partial charge in [0.05, 0.1) is 0 Å². The highest BCUT2D eigenvalue weighted by Gasteiger charge is 2.11. The van der Waals surface area contributed by atoms with E-state index >= 15 is 0 Å². The summed E-state index contributed by atoms with van der Waals surface area (Å²) in [7, 11) is -0.320. The summed E-state index contributed by atoms with van der Waals surface area (Å²) in [6, 6.07) is 10.0. The standard InChI is InChI=1S/C12H17N3O2S/c1-14(2)18(16,17)13-8-10-15-9-7-11-5-3-4-6-12(11)15/h3-7,9,13H,8,10H2,1-2H3. The van der Waals surface area contributed by atoms with Crippen LogP contribution in [0.5, 0.6) is 0 Å². The SMILES string of the molecule is CN(C)S(=O)(=O)NCCn1ccc2ccccc21. The quantitative estimate of drug-likeness (QED) is 0.880. The van der Waals surface area contributed by atoms with Crippen molar-refractivity contribution in [2.45, 2.75) is 6.54 Å². The molecule has 0 fully saturated rings. The van der Waals surface area contributed by atoms with E-state index in [0.29, 0.717) is 13.1 Å². The summed E-state index contributed by atoms with van der Waals surface area (Å²) in [5.41, 5.74) is 1.11. The molecule has 98 valence electrons. The summed E-state index contributed by atoms with van der Waals surface area (Å²) in [6.07, 6.45) is 1.97. The van der Waals surface area contributed by atoms with Gasteiger partial charge in [0.25, 0.3) is 10.2 Å². The van der Waals surface area contributed by atoms with E-state index in [4.69, 9.17) is 0 Å². The molecule has 18 heavy (non-hydrogen) atoms. The van der Waals surface area contributed by atoms with Crippen molar-refractivity contribution < 1.29 is 8.42 Å². The van der Waals surface area contributed by atoms with Crippen LogP contribution in [0.2, 0.25) is 0 Å². The molecule has 0 amide bonds. The maximum absolute atomic E-state index is 11.5. The van der Waals surface area contributed by atoms with Crippen molar-refractivity contribution in [1.29, 1.82) is 0 Å². The lowest BCUT2D eigenvalue weighted by Gasteiger charge is -2.12. The Morgan fingerprint density at radius 2 is 1.94 bits per heavy atom. The first-order chi connectivity index (χ1) is 8.50. The first kappa shape index (κ1) is 13.1. The van der Waals surface area contributed by atoms with Gasteiger partial charge in [-0.05, 0) is 17.5 Å². The fourth-order valence-corrected chi connectivity index (χ4v) is 2.37. The van der Waals surface area contributed by atoms with Crippen LogP contribution < -0.4 is 4.72 Å².